The van der Waals surface area contributed by atoms with Gasteiger partial charge < -0.3 is 9.47 Å². The standard InChI is InChI=1S/C20H27N3O3/c1-13-11-16(14(2)23(13)15-7-8-15)17(24)12-22-18(25)20(21(3)19(22)26)9-5-4-6-10-20/h11,15H,4-10,12H2,1-3H3. The number of rotatable bonds is 4. The fourth-order valence-electron chi connectivity index (χ4n) is 4.85. The molecule has 0 unspecified atom stereocenters. The molecular formula is C20H27N3O3. The highest BCUT2D eigenvalue weighted by Crippen LogP contribution is 2.40. The molecule has 3 aliphatic rings. The Morgan fingerprint density at radius 3 is 2.42 bits per heavy atom. The van der Waals surface area contributed by atoms with Crippen molar-refractivity contribution in [2.24, 2.45) is 0 Å². The topological polar surface area (TPSA) is 62.6 Å². The quantitative estimate of drug-likeness (QED) is 0.614. The van der Waals surface area contributed by atoms with Gasteiger partial charge in [-0.25, -0.2) is 4.79 Å². The first-order chi connectivity index (χ1) is 12.4. The zero-order valence-electron chi connectivity index (χ0n) is 15.9. The van der Waals surface area contributed by atoms with Gasteiger partial charge in [0, 0.05) is 30.0 Å². The SMILES string of the molecule is Cc1cc(C(=O)CN2C(=O)N(C)C3(CCCCC3)C2=O)c(C)n1C1CC1. The fraction of sp³-hybridized carbons (Fsp3) is 0.650. The van der Waals surface area contributed by atoms with Crippen LogP contribution >= 0.6 is 0 Å². The lowest BCUT2D eigenvalue weighted by Crippen LogP contribution is -2.49. The number of hydrogen-bond acceptors (Lipinski definition) is 3. The predicted molar refractivity (Wildman–Crippen MR) is 97.2 cm³/mol. The van der Waals surface area contributed by atoms with Crippen LogP contribution in [0, 0.1) is 13.8 Å². The summed E-state index contributed by atoms with van der Waals surface area (Å²) in [5.41, 5.74) is 1.95. The Morgan fingerprint density at radius 2 is 1.81 bits per heavy atom. The zero-order chi connectivity index (χ0) is 18.6. The largest absolute Gasteiger partial charge is 0.345 e. The van der Waals surface area contributed by atoms with Crippen molar-refractivity contribution in [1.29, 1.82) is 0 Å². The van der Waals surface area contributed by atoms with Gasteiger partial charge in [-0.3, -0.25) is 14.5 Å². The number of ketones is 1. The lowest BCUT2D eigenvalue weighted by molar-refractivity contribution is -0.134. The summed E-state index contributed by atoms with van der Waals surface area (Å²) in [6.07, 6.45) is 6.72. The van der Waals surface area contributed by atoms with Crippen LogP contribution in [0.4, 0.5) is 4.79 Å². The normalized spacial score (nSPS) is 22.6. The molecule has 0 bridgehead atoms. The van der Waals surface area contributed by atoms with Gasteiger partial charge in [-0.05, 0) is 45.6 Å². The van der Waals surface area contributed by atoms with E-state index in [4.69, 9.17) is 0 Å². The Labute approximate surface area is 154 Å². The number of nitrogens with zero attached hydrogens (tertiary/aromatic N) is 3. The number of urea groups is 1. The molecule has 6 nitrogen and oxygen atoms in total. The molecule has 0 atom stereocenters. The molecule has 0 N–H and O–H groups in total. The van der Waals surface area contributed by atoms with E-state index in [0.29, 0.717) is 24.4 Å². The molecule has 2 aliphatic carbocycles. The molecule has 2 heterocycles. The van der Waals surface area contributed by atoms with Gasteiger partial charge in [0.05, 0.1) is 6.54 Å². The first kappa shape index (κ1) is 17.3. The smallest absolute Gasteiger partial charge is 0.327 e. The predicted octanol–water partition coefficient (Wildman–Crippen LogP) is 3.22. The van der Waals surface area contributed by atoms with E-state index >= 15 is 0 Å². The van der Waals surface area contributed by atoms with Gasteiger partial charge in [0.2, 0.25) is 0 Å². The van der Waals surface area contributed by atoms with E-state index < -0.39 is 5.54 Å². The first-order valence-corrected chi connectivity index (χ1v) is 9.68. The van der Waals surface area contributed by atoms with Crippen molar-refractivity contribution in [2.45, 2.75) is 70.4 Å². The number of carbonyl (C=O) groups excluding carboxylic acids is 3. The van der Waals surface area contributed by atoms with Gasteiger partial charge in [-0.1, -0.05) is 19.3 Å². The maximum absolute atomic E-state index is 13.1. The Hall–Kier alpha value is -2.11. The number of amides is 3. The molecule has 3 amide bonds. The number of hydrogen-bond donors (Lipinski definition) is 0. The summed E-state index contributed by atoms with van der Waals surface area (Å²) in [4.78, 5) is 41.4. The van der Waals surface area contributed by atoms with E-state index in [1.807, 2.05) is 19.9 Å². The molecule has 0 radical (unpaired) electrons. The summed E-state index contributed by atoms with van der Waals surface area (Å²) in [5, 5.41) is 0. The molecule has 1 aromatic heterocycles. The molecular weight excluding hydrogens is 330 g/mol. The number of carbonyl (C=O) groups is 3. The Morgan fingerprint density at radius 1 is 1.15 bits per heavy atom. The van der Waals surface area contributed by atoms with Gasteiger partial charge in [-0.15, -0.1) is 0 Å². The number of imide groups is 1. The van der Waals surface area contributed by atoms with Crippen LogP contribution in [0.1, 0.15) is 72.7 Å². The third kappa shape index (κ3) is 2.42. The van der Waals surface area contributed by atoms with Gasteiger partial charge in [0.25, 0.3) is 5.91 Å². The van der Waals surface area contributed by atoms with Crippen molar-refractivity contribution in [3.05, 3.63) is 23.0 Å². The summed E-state index contributed by atoms with van der Waals surface area (Å²) < 4.78 is 2.22. The van der Waals surface area contributed by atoms with Crippen molar-refractivity contribution >= 4 is 17.7 Å². The summed E-state index contributed by atoms with van der Waals surface area (Å²) in [5.74, 6) is -0.331. The molecule has 26 heavy (non-hydrogen) atoms. The third-order valence-electron chi connectivity index (χ3n) is 6.48. The number of aromatic nitrogens is 1. The van der Waals surface area contributed by atoms with Crippen LogP contribution in [0.5, 0.6) is 0 Å². The Kier molecular flexibility index (Phi) is 3.97. The highest BCUT2D eigenvalue weighted by molar-refractivity contribution is 6.11. The Balaban J connectivity index is 1.57. The van der Waals surface area contributed by atoms with Gasteiger partial charge in [0.15, 0.2) is 5.78 Å². The van der Waals surface area contributed by atoms with Gasteiger partial charge in [-0.2, -0.15) is 0 Å². The minimum atomic E-state index is -0.722. The van der Waals surface area contributed by atoms with Crippen molar-refractivity contribution in [1.82, 2.24) is 14.4 Å². The van der Waals surface area contributed by atoms with Crippen molar-refractivity contribution in [2.75, 3.05) is 13.6 Å². The second kappa shape index (κ2) is 5.96. The second-order valence-electron chi connectivity index (χ2n) is 8.13. The van der Waals surface area contributed by atoms with Crippen molar-refractivity contribution in [3.8, 4) is 0 Å². The molecule has 1 saturated heterocycles. The molecule has 140 valence electrons. The molecule has 0 aromatic carbocycles. The van der Waals surface area contributed by atoms with E-state index in [0.717, 1.165) is 43.5 Å². The van der Waals surface area contributed by atoms with Crippen LogP contribution in [0.2, 0.25) is 0 Å². The summed E-state index contributed by atoms with van der Waals surface area (Å²) in [6.45, 7) is 3.82. The average Bonchev–Trinajstić information content (AvgIpc) is 3.40. The lowest BCUT2D eigenvalue weighted by atomic mass is 9.80. The van der Waals surface area contributed by atoms with Crippen LogP contribution in [0.15, 0.2) is 6.07 Å². The second-order valence-corrected chi connectivity index (χ2v) is 8.13. The minimum absolute atomic E-state index is 0.145. The minimum Gasteiger partial charge on any atom is -0.345 e. The molecule has 1 aliphatic heterocycles. The molecule has 1 aromatic rings. The fourth-order valence-corrected chi connectivity index (χ4v) is 4.85. The summed E-state index contributed by atoms with van der Waals surface area (Å²) in [6, 6.07) is 2.07. The van der Waals surface area contributed by atoms with E-state index in [2.05, 4.69) is 4.57 Å². The zero-order valence-corrected chi connectivity index (χ0v) is 15.9. The van der Waals surface area contributed by atoms with E-state index in [1.54, 1.807) is 11.9 Å². The Bertz CT molecular complexity index is 784. The highest BCUT2D eigenvalue weighted by atomic mass is 16.2. The van der Waals surface area contributed by atoms with Crippen molar-refractivity contribution < 1.29 is 14.4 Å². The first-order valence-electron chi connectivity index (χ1n) is 9.68. The maximum Gasteiger partial charge on any atom is 0.327 e. The van der Waals surface area contributed by atoms with Crippen LogP contribution < -0.4 is 0 Å². The lowest BCUT2D eigenvalue weighted by Gasteiger charge is -2.35. The molecule has 1 spiro atoms. The number of aryl methyl sites for hydroxylation is 1. The molecule has 4 rings (SSSR count). The number of likely N-dealkylation sites (N-methyl/N-ethyl adjacent to an activating group) is 1. The monoisotopic (exact) mass is 357 g/mol. The maximum atomic E-state index is 13.1. The molecule has 2 saturated carbocycles. The number of Topliss-reactive ketones (excluding diaryl/α,β-unsaturated/α-hetero) is 1. The van der Waals surface area contributed by atoms with Crippen LogP contribution in [-0.4, -0.2) is 51.2 Å². The van der Waals surface area contributed by atoms with E-state index in [1.165, 1.54) is 4.90 Å². The summed E-state index contributed by atoms with van der Waals surface area (Å²) >= 11 is 0. The third-order valence-corrected chi connectivity index (χ3v) is 6.48. The van der Waals surface area contributed by atoms with Gasteiger partial charge in [0.1, 0.15) is 5.54 Å². The van der Waals surface area contributed by atoms with Crippen molar-refractivity contribution in [3.63, 3.8) is 0 Å². The van der Waals surface area contributed by atoms with Crippen LogP contribution in [0.25, 0.3) is 0 Å². The molecule has 6 heteroatoms. The summed E-state index contributed by atoms with van der Waals surface area (Å²) in [7, 11) is 1.70. The van der Waals surface area contributed by atoms with Crippen LogP contribution in [-0.2, 0) is 4.79 Å². The van der Waals surface area contributed by atoms with E-state index in [9.17, 15) is 14.4 Å². The molecule has 3 fully saturated rings. The average molecular weight is 357 g/mol. The van der Waals surface area contributed by atoms with Crippen LogP contribution in [0.3, 0.4) is 0 Å². The highest BCUT2D eigenvalue weighted by Gasteiger charge is 2.55. The van der Waals surface area contributed by atoms with E-state index in [-0.39, 0.29) is 24.3 Å². The van der Waals surface area contributed by atoms with Gasteiger partial charge >= 0.3 is 6.03 Å².